The van der Waals surface area contributed by atoms with Gasteiger partial charge in [0.15, 0.2) is 0 Å². The Balaban J connectivity index is 1.97. The van der Waals surface area contributed by atoms with E-state index < -0.39 is 0 Å². The summed E-state index contributed by atoms with van der Waals surface area (Å²) in [5, 5.41) is 3.64. The molecule has 0 spiro atoms. The highest BCUT2D eigenvalue weighted by Crippen LogP contribution is 2.20. The second kappa shape index (κ2) is 8.42. The van der Waals surface area contributed by atoms with E-state index in [1.807, 2.05) is 12.3 Å². The molecule has 3 heteroatoms. The third-order valence-corrected chi connectivity index (χ3v) is 3.61. The topological polar surface area (TPSA) is 34.1 Å². The molecule has 1 N–H and O–H groups in total. The summed E-state index contributed by atoms with van der Waals surface area (Å²) in [6, 6.07) is 15.0. The van der Waals surface area contributed by atoms with Crippen molar-refractivity contribution in [2.45, 2.75) is 38.8 Å². The summed E-state index contributed by atoms with van der Waals surface area (Å²) in [4.78, 5) is 4.25. The molecule has 3 nitrogen and oxygen atoms in total. The maximum Gasteiger partial charge on any atom is 0.212 e. The van der Waals surface area contributed by atoms with Crippen LogP contribution in [0.25, 0.3) is 0 Å². The van der Waals surface area contributed by atoms with Gasteiger partial charge in [0.25, 0.3) is 0 Å². The van der Waals surface area contributed by atoms with Crippen molar-refractivity contribution in [1.29, 1.82) is 0 Å². The van der Waals surface area contributed by atoms with Gasteiger partial charge in [0.05, 0.1) is 7.11 Å². The number of methoxy groups -OCH3 is 1. The molecule has 1 aromatic heterocycles. The van der Waals surface area contributed by atoms with Crippen LogP contribution < -0.4 is 10.1 Å². The Bertz CT molecular complexity index is 511. The zero-order valence-corrected chi connectivity index (χ0v) is 12.9. The molecule has 0 bridgehead atoms. The zero-order chi connectivity index (χ0) is 14.9. The van der Waals surface area contributed by atoms with Crippen LogP contribution in [0.5, 0.6) is 5.88 Å². The molecule has 0 fully saturated rings. The predicted molar refractivity (Wildman–Crippen MR) is 86.3 cm³/mol. The molecular formula is C18H24N2O. The van der Waals surface area contributed by atoms with Crippen LogP contribution in [-0.2, 0) is 6.54 Å². The van der Waals surface area contributed by atoms with E-state index in [9.17, 15) is 0 Å². The molecule has 1 unspecified atom stereocenters. The Morgan fingerprint density at radius 1 is 1.14 bits per heavy atom. The fraction of sp³-hybridized carbons (Fsp3) is 0.389. The Kier molecular flexibility index (Phi) is 6.22. The summed E-state index contributed by atoms with van der Waals surface area (Å²) in [5.74, 6) is 0.657. The zero-order valence-electron chi connectivity index (χ0n) is 12.9. The van der Waals surface area contributed by atoms with Crippen LogP contribution in [0.4, 0.5) is 0 Å². The SMILES string of the molecule is CCCCC(NCc1ccc(OC)nc1)c1ccccc1. The van der Waals surface area contributed by atoms with Gasteiger partial charge in [0, 0.05) is 24.8 Å². The average molecular weight is 284 g/mol. The Morgan fingerprint density at radius 3 is 2.57 bits per heavy atom. The quantitative estimate of drug-likeness (QED) is 0.792. The average Bonchev–Trinajstić information content (AvgIpc) is 2.56. The number of pyridine rings is 1. The molecule has 0 aliphatic heterocycles. The second-order valence-electron chi connectivity index (χ2n) is 5.20. The highest BCUT2D eigenvalue weighted by Gasteiger charge is 2.10. The van der Waals surface area contributed by atoms with Crippen molar-refractivity contribution >= 4 is 0 Å². The fourth-order valence-electron chi connectivity index (χ4n) is 2.36. The minimum atomic E-state index is 0.397. The Morgan fingerprint density at radius 2 is 1.95 bits per heavy atom. The maximum absolute atomic E-state index is 5.09. The molecule has 2 aromatic rings. The normalized spacial score (nSPS) is 12.1. The number of benzene rings is 1. The van der Waals surface area contributed by atoms with E-state index in [4.69, 9.17) is 4.74 Å². The third kappa shape index (κ3) is 4.87. The number of rotatable bonds is 8. The Hall–Kier alpha value is -1.87. The summed E-state index contributed by atoms with van der Waals surface area (Å²) >= 11 is 0. The van der Waals surface area contributed by atoms with Crippen molar-refractivity contribution in [3.05, 3.63) is 59.8 Å². The van der Waals surface area contributed by atoms with E-state index in [0.717, 1.165) is 13.0 Å². The van der Waals surface area contributed by atoms with Gasteiger partial charge in [0.1, 0.15) is 0 Å². The molecule has 21 heavy (non-hydrogen) atoms. The van der Waals surface area contributed by atoms with Crippen molar-refractivity contribution in [3.8, 4) is 5.88 Å². The summed E-state index contributed by atoms with van der Waals surface area (Å²) in [5.41, 5.74) is 2.53. The summed E-state index contributed by atoms with van der Waals surface area (Å²) in [7, 11) is 1.64. The number of hydrogen-bond donors (Lipinski definition) is 1. The van der Waals surface area contributed by atoms with Crippen LogP contribution in [0.3, 0.4) is 0 Å². The highest BCUT2D eigenvalue weighted by atomic mass is 16.5. The molecule has 112 valence electrons. The van der Waals surface area contributed by atoms with E-state index in [2.05, 4.69) is 53.6 Å². The molecule has 1 aromatic carbocycles. The molecule has 1 atom stereocenters. The lowest BCUT2D eigenvalue weighted by atomic mass is 10.0. The summed E-state index contributed by atoms with van der Waals surface area (Å²) in [6.07, 6.45) is 5.47. The van der Waals surface area contributed by atoms with E-state index in [0.29, 0.717) is 11.9 Å². The van der Waals surface area contributed by atoms with Crippen LogP contribution in [0.1, 0.15) is 43.4 Å². The minimum Gasteiger partial charge on any atom is -0.481 e. The number of nitrogens with one attached hydrogen (secondary N) is 1. The van der Waals surface area contributed by atoms with Gasteiger partial charge < -0.3 is 10.1 Å². The smallest absolute Gasteiger partial charge is 0.212 e. The fourth-order valence-corrected chi connectivity index (χ4v) is 2.36. The lowest BCUT2D eigenvalue weighted by Gasteiger charge is -2.19. The van der Waals surface area contributed by atoms with Crippen molar-refractivity contribution in [3.63, 3.8) is 0 Å². The van der Waals surface area contributed by atoms with E-state index in [-0.39, 0.29) is 0 Å². The molecule has 0 radical (unpaired) electrons. The molecular weight excluding hydrogens is 260 g/mol. The molecule has 0 aliphatic rings. The summed E-state index contributed by atoms with van der Waals surface area (Å²) in [6.45, 7) is 3.05. The number of hydrogen-bond acceptors (Lipinski definition) is 3. The highest BCUT2D eigenvalue weighted by molar-refractivity contribution is 5.20. The number of ether oxygens (including phenoxy) is 1. The second-order valence-corrected chi connectivity index (χ2v) is 5.20. The lowest BCUT2D eigenvalue weighted by Crippen LogP contribution is -2.21. The van der Waals surface area contributed by atoms with Crippen molar-refractivity contribution in [2.75, 3.05) is 7.11 Å². The van der Waals surface area contributed by atoms with Gasteiger partial charge >= 0.3 is 0 Å². The van der Waals surface area contributed by atoms with Gasteiger partial charge in [-0.15, -0.1) is 0 Å². The van der Waals surface area contributed by atoms with Gasteiger partial charge in [0.2, 0.25) is 5.88 Å². The first-order valence-corrected chi connectivity index (χ1v) is 7.60. The predicted octanol–water partition coefficient (Wildman–Crippen LogP) is 4.11. The maximum atomic E-state index is 5.09. The summed E-state index contributed by atoms with van der Waals surface area (Å²) < 4.78 is 5.09. The molecule has 0 saturated heterocycles. The van der Waals surface area contributed by atoms with E-state index >= 15 is 0 Å². The van der Waals surface area contributed by atoms with Crippen LogP contribution >= 0.6 is 0 Å². The molecule has 2 rings (SSSR count). The first kappa shape index (κ1) is 15.5. The Labute approximate surface area is 127 Å². The van der Waals surface area contributed by atoms with Gasteiger partial charge in [-0.3, -0.25) is 0 Å². The van der Waals surface area contributed by atoms with Crippen molar-refractivity contribution < 1.29 is 4.74 Å². The largest absolute Gasteiger partial charge is 0.481 e. The molecule has 1 heterocycles. The van der Waals surface area contributed by atoms with E-state index in [1.54, 1.807) is 7.11 Å². The van der Waals surface area contributed by atoms with Crippen LogP contribution in [0, 0.1) is 0 Å². The van der Waals surface area contributed by atoms with Crippen LogP contribution in [0.15, 0.2) is 48.7 Å². The molecule has 0 aliphatic carbocycles. The molecule has 0 saturated carbocycles. The number of nitrogens with zero attached hydrogens (tertiary/aromatic N) is 1. The first-order chi connectivity index (χ1) is 10.3. The van der Waals surface area contributed by atoms with Gasteiger partial charge in [-0.1, -0.05) is 56.2 Å². The monoisotopic (exact) mass is 284 g/mol. The van der Waals surface area contributed by atoms with Crippen molar-refractivity contribution in [2.24, 2.45) is 0 Å². The first-order valence-electron chi connectivity index (χ1n) is 7.60. The lowest BCUT2D eigenvalue weighted by molar-refractivity contribution is 0.397. The van der Waals surface area contributed by atoms with Gasteiger partial charge in [-0.25, -0.2) is 4.98 Å². The number of unbranched alkanes of at least 4 members (excludes halogenated alkanes) is 1. The van der Waals surface area contributed by atoms with Crippen LogP contribution in [-0.4, -0.2) is 12.1 Å². The van der Waals surface area contributed by atoms with E-state index in [1.165, 1.54) is 24.0 Å². The standard InChI is InChI=1S/C18H24N2O/c1-3-4-10-17(16-8-6-5-7-9-16)19-13-15-11-12-18(21-2)20-14-15/h5-9,11-12,14,17,19H,3-4,10,13H2,1-2H3. The third-order valence-electron chi connectivity index (χ3n) is 3.61. The minimum absolute atomic E-state index is 0.397. The molecule has 0 amide bonds. The van der Waals surface area contributed by atoms with Gasteiger partial charge in [-0.05, 0) is 17.5 Å². The van der Waals surface area contributed by atoms with Gasteiger partial charge in [-0.2, -0.15) is 0 Å². The van der Waals surface area contributed by atoms with Crippen LogP contribution in [0.2, 0.25) is 0 Å². The number of aromatic nitrogens is 1. The van der Waals surface area contributed by atoms with Crippen molar-refractivity contribution in [1.82, 2.24) is 10.3 Å².